The van der Waals surface area contributed by atoms with Crippen molar-refractivity contribution in [3.8, 4) is 0 Å². The molecule has 0 aromatic carbocycles. The number of nitrogens with two attached hydrogens (primary N) is 1. The monoisotopic (exact) mass is 250 g/mol. The smallest absolute Gasteiger partial charge is 0.226 e. The summed E-state index contributed by atoms with van der Waals surface area (Å²) in [4.78, 5) is 13.9. The molecule has 0 rings (SSSR count). The molecule has 0 radical (unpaired) electrons. The van der Waals surface area contributed by atoms with Gasteiger partial charge in [0.15, 0.2) is 0 Å². The number of nitrogens with zero attached hydrogens (tertiary/aromatic N) is 1. The zero-order chi connectivity index (χ0) is 12.0. The summed E-state index contributed by atoms with van der Waals surface area (Å²) in [6.45, 7) is 11.8. The van der Waals surface area contributed by atoms with Crippen molar-refractivity contribution in [1.82, 2.24) is 4.90 Å². The Morgan fingerprint density at radius 2 is 1.75 bits per heavy atom. The van der Waals surface area contributed by atoms with Crippen LogP contribution in [0.1, 0.15) is 41.0 Å². The van der Waals surface area contributed by atoms with Gasteiger partial charge in [-0.25, -0.2) is 0 Å². The molecule has 2 N–H and O–H groups in total. The summed E-state index contributed by atoms with van der Waals surface area (Å²) in [6.07, 6.45) is 1.11. The second kappa shape index (κ2) is 8.82. The molecule has 0 spiro atoms. The molecule has 0 aliphatic rings. The zero-order valence-corrected chi connectivity index (χ0v) is 12.0. The first-order valence-electron chi connectivity index (χ1n) is 5.98. The molecule has 3 unspecified atom stereocenters. The molecule has 0 aromatic heterocycles. The summed E-state index contributed by atoms with van der Waals surface area (Å²) in [6, 6.07) is -0.0662. The van der Waals surface area contributed by atoms with Gasteiger partial charge in [0.05, 0.1) is 5.92 Å². The van der Waals surface area contributed by atoms with Gasteiger partial charge in [-0.3, -0.25) is 4.79 Å². The molecule has 16 heavy (non-hydrogen) atoms. The molecular weight excluding hydrogens is 224 g/mol. The maximum atomic E-state index is 12.0. The van der Waals surface area contributed by atoms with Gasteiger partial charge in [0.1, 0.15) is 0 Å². The minimum atomic E-state index is -0.0750. The van der Waals surface area contributed by atoms with Gasteiger partial charge >= 0.3 is 0 Å². The molecule has 0 aromatic rings. The van der Waals surface area contributed by atoms with Crippen molar-refractivity contribution in [3.05, 3.63) is 0 Å². The number of carbonyl (C=O) groups excluding carboxylic acids is 1. The van der Waals surface area contributed by atoms with Gasteiger partial charge in [0.25, 0.3) is 0 Å². The van der Waals surface area contributed by atoms with E-state index in [4.69, 9.17) is 5.73 Å². The summed E-state index contributed by atoms with van der Waals surface area (Å²) in [5.74, 6) is 0.677. The van der Waals surface area contributed by atoms with Crippen LogP contribution in [0.3, 0.4) is 0 Å². The molecule has 0 aliphatic carbocycles. The molecule has 0 bridgehead atoms. The predicted octanol–water partition coefficient (Wildman–Crippen LogP) is 2.29. The number of halogens is 1. The van der Waals surface area contributed by atoms with Crippen LogP contribution < -0.4 is 5.73 Å². The van der Waals surface area contributed by atoms with Crippen LogP contribution in [0.15, 0.2) is 0 Å². The lowest BCUT2D eigenvalue weighted by molar-refractivity contribution is -0.135. The highest BCUT2D eigenvalue weighted by molar-refractivity contribution is 5.85. The van der Waals surface area contributed by atoms with E-state index >= 15 is 0 Å². The van der Waals surface area contributed by atoms with E-state index in [0.29, 0.717) is 5.92 Å². The lowest BCUT2D eigenvalue weighted by atomic mass is 10.0. The molecular formula is C12H27ClN2O. The van der Waals surface area contributed by atoms with Crippen molar-refractivity contribution in [2.24, 2.45) is 17.6 Å². The fraction of sp³-hybridized carbons (Fsp3) is 0.917. The first-order valence-corrected chi connectivity index (χ1v) is 5.98. The summed E-state index contributed by atoms with van der Waals surface area (Å²) in [5.41, 5.74) is 5.75. The molecule has 0 fully saturated rings. The number of carbonyl (C=O) groups is 1. The van der Waals surface area contributed by atoms with Crippen LogP contribution in [-0.4, -0.2) is 29.9 Å². The highest BCUT2D eigenvalue weighted by Gasteiger charge is 2.22. The number of hydrogen-bond donors (Lipinski definition) is 1. The normalized spacial score (nSPS) is 15.9. The lowest BCUT2D eigenvalue weighted by Crippen LogP contribution is -2.43. The minimum absolute atomic E-state index is 0. The molecule has 4 heteroatoms. The minimum Gasteiger partial charge on any atom is -0.342 e. The van der Waals surface area contributed by atoms with Gasteiger partial charge in [-0.15, -0.1) is 12.4 Å². The van der Waals surface area contributed by atoms with Crippen molar-refractivity contribution in [2.45, 2.75) is 47.1 Å². The Balaban J connectivity index is 0. The Hall–Kier alpha value is -0.280. The third-order valence-electron chi connectivity index (χ3n) is 3.10. The van der Waals surface area contributed by atoms with Crippen molar-refractivity contribution in [2.75, 3.05) is 13.1 Å². The Labute approximate surface area is 106 Å². The Morgan fingerprint density at radius 3 is 2.06 bits per heavy atom. The van der Waals surface area contributed by atoms with Gasteiger partial charge < -0.3 is 10.6 Å². The second-order valence-corrected chi connectivity index (χ2v) is 4.54. The Morgan fingerprint density at radius 1 is 1.25 bits per heavy atom. The van der Waals surface area contributed by atoms with Crippen molar-refractivity contribution in [3.63, 3.8) is 0 Å². The maximum absolute atomic E-state index is 12.0. The van der Waals surface area contributed by atoms with Crippen LogP contribution in [0.2, 0.25) is 0 Å². The average molecular weight is 251 g/mol. The third-order valence-corrected chi connectivity index (χ3v) is 3.10. The fourth-order valence-corrected chi connectivity index (χ4v) is 1.39. The van der Waals surface area contributed by atoms with Crippen LogP contribution in [-0.2, 0) is 4.79 Å². The third kappa shape index (κ3) is 5.71. The Bertz CT molecular complexity index is 197. The second-order valence-electron chi connectivity index (χ2n) is 4.54. The highest BCUT2D eigenvalue weighted by atomic mass is 35.5. The summed E-state index contributed by atoms with van der Waals surface area (Å²) < 4.78 is 0. The summed E-state index contributed by atoms with van der Waals surface area (Å²) in [7, 11) is 0. The highest BCUT2D eigenvalue weighted by Crippen LogP contribution is 2.10. The van der Waals surface area contributed by atoms with E-state index in [1.807, 2.05) is 25.7 Å². The number of rotatable bonds is 6. The van der Waals surface area contributed by atoms with Gasteiger partial charge in [0.2, 0.25) is 5.91 Å². The summed E-state index contributed by atoms with van der Waals surface area (Å²) in [5, 5.41) is 0. The van der Waals surface area contributed by atoms with E-state index in [1.54, 1.807) is 0 Å². The molecule has 1 amide bonds. The lowest BCUT2D eigenvalue weighted by Gasteiger charge is -2.28. The molecule has 0 saturated heterocycles. The molecule has 0 heterocycles. The number of hydrogen-bond acceptors (Lipinski definition) is 2. The standard InChI is InChI=1S/C12H26N2O.ClH/c1-6-9(3)8-14(7-2)12(15)10(4)11(5)13;/h9-11H,6-8,13H2,1-5H3;1H. The first-order chi connectivity index (χ1) is 6.93. The van der Waals surface area contributed by atoms with Crippen molar-refractivity contribution in [1.29, 1.82) is 0 Å². The van der Waals surface area contributed by atoms with Gasteiger partial charge in [-0.1, -0.05) is 27.2 Å². The van der Waals surface area contributed by atoms with E-state index in [-0.39, 0.29) is 30.3 Å². The van der Waals surface area contributed by atoms with Crippen LogP contribution in [0.4, 0.5) is 0 Å². The molecule has 98 valence electrons. The van der Waals surface area contributed by atoms with Gasteiger partial charge in [0, 0.05) is 19.1 Å². The van der Waals surface area contributed by atoms with E-state index in [9.17, 15) is 4.79 Å². The topological polar surface area (TPSA) is 46.3 Å². The van der Waals surface area contributed by atoms with Crippen LogP contribution in [0.25, 0.3) is 0 Å². The van der Waals surface area contributed by atoms with Crippen LogP contribution >= 0.6 is 12.4 Å². The fourth-order valence-electron chi connectivity index (χ4n) is 1.39. The van der Waals surface area contributed by atoms with Gasteiger partial charge in [-0.05, 0) is 19.8 Å². The molecule has 0 aliphatic heterocycles. The molecule has 0 saturated carbocycles. The van der Waals surface area contributed by atoms with Crippen LogP contribution in [0, 0.1) is 11.8 Å². The largest absolute Gasteiger partial charge is 0.342 e. The number of amides is 1. The van der Waals surface area contributed by atoms with E-state index in [2.05, 4.69) is 13.8 Å². The summed E-state index contributed by atoms with van der Waals surface area (Å²) >= 11 is 0. The van der Waals surface area contributed by atoms with E-state index < -0.39 is 0 Å². The van der Waals surface area contributed by atoms with E-state index in [0.717, 1.165) is 19.5 Å². The predicted molar refractivity (Wildman–Crippen MR) is 71.8 cm³/mol. The van der Waals surface area contributed by atoms with Crippen molar-refractivity contribution >= 4 is 18.3 Å². The van der Waals surface area contributed by atoms with E-state index in [1.165, 1.54) is 0 Å². The van der Waals surface area contributed by atoms with Crippen molar-refractivity contribution < 1.29 is 4.79 Å². The molecule has 3 nitrogen and oxygen atoms in total. The molecule has 3 atom stereocenters. The average Bonchev–Trinajstić information content (AvgIpc) is 2.23. The Kier molecular flexibility index (Phi) is 9.98. The SMILES string of the molecule is CCC(C)CN(CC)C(=O)C(C)C(C)N.Cl. The first kappa shape index (κ1) is 18.1. The van der Waals surface area contributed by atoms with Crippen LogP contribution in [0.5, 0.6) is 0 Å². The zero-order valence-electron chi connectivity index (χ0n) is 11.2. The van der Waals surface area contributed by atoms with Gasteiger partial charge in [-0.2, -0.15) is 0 Å². The quantitative estimate of drug-likeness (QED) is 0.786. The maximum Gasteiger partial charge on any atom is 0.226 e.